The molecule has 1 atom stereocenters. The van der Waals surface area contributed by atoms with Crippen LogP contribution >= 0.6 is 0 Å². The minimum absolute atomic E-state index is 0.00382. The van der Waals surface area contributed by atoms with Gasteiger partial charge in [0.25, 0.3) is 11.8 Å². The number of nitrogens with two attached hydrogens (primary N) is 1. The lowest BCUT2D eigenvalue weighted by atomic mass is 10.2. The second-order valence-corrected chi connectivity index (χ2v) is 9.61. The van der Waals surface area contributed by atoms with Gasteiger partial charge >= 0.3 is 12.7 Å². The quantitative estimate of drug-likeness (QED) is 0.297. The van der Waals surface area contributed by atoms with Crippen molar-refractivity contribution >= 4 is 17.9 Å². The zero-order valence-corrected chi connectivity index (χ0v) is 23.3. The Labute approximate surface area is 240 Å². The smallest absolute Gasteiger partial charge is 0.405 e. The first-order chi connectivity index (χ1) is 20.0. The topological polar surface area (TPSA) is 159 Å². The molecule has 0 radical (unpaired) electrons. The fourth-order valence-corrected chi connectivity index (χ4v) is 3.87. The summed E-state index contributed by atoms with van der Waals surface area (Å²) in [5, 5.41) is 2.67. The van der Waals surface area contributed by atoms with E-state index in [0.29, 0.717) is 24.6 Å². The Morgan fingerprint density at radius 1 is 1.14 bits per heavy atom. The summed E-state index contributed by atoms with van der Waals surface area (Å²) in [6.07, 6.45) is -0.0483. The van der Waals surface area contributed by atoms with Gasteiger partial charge in [0.2, 0.25) is 5.89 Å². The van der Waals surface area contributed by atoms with Crippen molar-refractivity contribution in [2.75, 3.05) is 20.2 Å². The molecule has 0 saturated heterocycles. The van der Waals surface area contributed by atoms with Crippen molar-refractivity contribution in [2.45, 2.75) is 45.9 Å². The van der Waals surface area contributed by atoms with Crippen molar-refractivity contribution in [3.05, 3.63) is 59.2 Å². The maximum atomic E-state index is 13.0. The van der Waals surface area contributed by atoms with Crippen LogP contribution < -0.4 is 20.5 Å². The highest BCUT2D eigenvalue weighted by molar-refractivity contribution is 5.96. The first kappa shape index (κ1) is 30.2. The Bertz CT molecular complexity index is 1440. The number of aromatic nitrogens is 2. The molecule has 2 heterocycles. The highest BCUT2D eigenvalue weighted by atomic mass is 19.3. The van der Waals surface area contributed by atoms with Gasteiger partial charge in [-0.05, 0) is 62.9 Å². The number of nitrogens with one attached hydrogen (secondary N) is 1. The zero-order chi connectivity index (χ0) is 30.4. The monoisotopic (exact) mass is 587 g/mol. The van der Waals surface area contributed by atoms with E-state index >= 15 is 0 Å². The number of halogens is 2. The third-order valence-electron chi connectivity index (χ3n) is 6.41. The van der Waals surface area contributed by atoms with Gasteiger partial charge in [0, 0.05) is 19.2 Å². The first-order valence-corrected chi connectivity index (χ1v) is 13.2. The normalized spacial score (nSPS) is 13.4. The number of primary amides is 1. The van der Waals surface area contributed by atoms with Gasteiger partial charge in [0.15, 0.2) is 23.4 Å². The van der Waals surface area contributed by atoms with Crippen molar-refractivity contribution in [1.29, 1.82) is 0 Å². The molecule has 1 saturated carbocycles. The van der Waals surface area contributed by atoms with Crippen LogP contribution in [0.3, 0.4) is 0 Å². The molecule has 14 heteroatoms. The SMILES string of the molecule is CCN(C)C(=O)c1cccc(C(=O)NCc2nc(-c3ccc(OC(F)F)c(OCC4CC4)c3)oc2C(C)OC(N)=O)n1. The molecule has 4 rings (SSSR count). The fraction of sp³-hybridized carbons (Fsp3) is 0.393. The Hall–Kier alpha value is -4.75. The summed E-state index contributed by atoms with van der Waals surface area (Å²) in [6.45, 7) is 0.915. The zero-order valence-electron chi connectivity index (χ0n) is 23.3. The largest absolute Gasteiger partial charge is 0.489 e. The van der Waals surface area contributed by atoms with Crippen LogP contribution in [0.4, 0.5) is 13.6 Å². The Balaban J connectivity index is 1.59. The predicted octanol–water partition coefficient (Wildman–Crippen LogP) is 4.31. The molecule has 1 aromatic carbocycles. The van der Waals surface area contributed by atoms with E-state index in [2.05, 4.69) is 20.0 Å². The number of rotatable bonds is 13. The average molecular weight is 588 g/mol. The minimum Gasteiger partial charge on any atom is -0.489 e. The van der Waals surface area contributed by atoms with Crippen molar-refractivity contribution in [1.82, 2.24) is 20.2 Å². The number of hydrogen-bond acceptors (Lipinski definition) is 9. The van der Waals surface area contributed by atoms with E-state index < -0.39 is 24.7 Å². The third kappa shape index (κ3) is 7.71. The van der Waals surface area contributed by atoms with E-state index in [1.54, 1.807) is 13.1 Å². The third-order valence-corrected chi connectivity index (χ3v) is 6.41. The van der Waals surface area contributed by atoms with Gasteiger partial charge in [-0.2, -0.15) is 8.78 Å². The van der Waals surface area contributed by atoms with Crippen molar-refractivity contribution < 1.29 is 41.8 Å². The molecule has 0 spiro atoms. The van der Waals surface area contributed by atoms with Crippen LogP contribution in [0.5, 0.6) is 11.5 Å². The van der Waals surface area contributed by atoms with Gasteiger partial charge in [-0.1, -0.05) is 6.07 Å². The molecule has 2 aromatic heterocycles. The summed E-state index contributed by atoms with van der Waals surface area (Å²) in [4.78, 5) is 46.9. The number of oxazole rings is 1. The maximum Gasteiger partial charge on any atom is 0.405 e. The van der Waals surface area contributed by atoms with E-state index in [0.717, 1.165) is 12.8 Å². The van der Waals surface area contributed by atoms with Gasteiger partial charge in [-0.25, -0.2) is 14.8 Å². The lowest BCUT2D eigenvalue weighted by molar-refractivity contribution is -0.0515. The molecule has 3 amide bonds. The highest BCUT2D eigenvalue weighted by Gasteiger charge is 2.26. The molecule has 12 nitrogen and oxygen atoms in total. The van der Waals surface area contributed by atoms with Crippen LogP contribution in [-0.2, 0) is 11.3 Å². The number of hydrogen-bond donors (Lipinski definition) is 2. The first-order valence-electron chi connectivity index (χ1n) is 13.2. The fourth-order valence-electron chi connectivity index (χ4n) is 3.87. The summed E-state index contributed by atoms with van der Waals surface area (Å²) in [5.41, 5.74) is 5.86. The van der Waals surface area contributed by atoms with E-state index in [1.807, 2.05) is 6.92 Å². The van der Waals surface area contributed by atoms with E-state index in [1.165, 1.54) is 42.2 Å². The van der Waals surface area contributed by atoms with Crippen LogP contribution in [0.2, 0.25) is 0 Å². The Morgan fingerprint density at radius 2 is 1.88 bits per heavy atom. The predicted molar refractivity (Wildman–Crippen MR) is 144 cm³/mol. The molecule has 42 heavy (non-hydrogen) atoms. The number of carbonyl (C=O) groups is 3. The van der Waals surface area contributed by atoms with Crippen LogP contribution in [0.25, 0.3) is 11.5 Å². The number of carbonyl (C=O) groups excluding carboxylic acids is 3. The van der Waals surface area contributed by atoms with Crippen LogP contribution in [0.15, 0.2) is 40.8 Å². The summed E-state index contributed by atoms with van der Waals surface area (Å²) < 4.78 is 47.2. The van der Waals surface area contributed by atoms with Gasteiger partial charge in [-0.15, -0.1) is 0 Å². The molecule has 1 aliphatic carbocycles. The number of nitrogens with zero attached hydrogens (tertiary/aromatic N) is 3. The van der Waals surface area contributed by atoms with E-state index in [4.69, 9.17) is 19.6 Å². The highest BCUT2D eigenvalue weighted by Crippen LogP contribution is 2.37. The molecule has 1 aliphatic rings. The van der Waals surface area contributed by atoms with Crippen molar-refractivity contribution in [3.63, 3.8) is 0 Å². The number of amides is 3. The molecular formula is C28H31F2N5O7. The van der Waals surface area contributed by atoms with Crippen LogP contribution in [-0.4, -0.2) is 59.6 Å². The molecule has 1 unspecified atom stereocenters. The standard InChI is InChI=1S/C28H31F2N5O7/c1-4-35(3)26(37)19-7-5-6-18(33-19)24(36)32-13-20-23(15(2)40-28(31)38)42-25(34-20)17-10-11-21(41-27(29)30)22(12-17)39-14-16-8-9-16/h5-7,10-12,15-16,27H,4,8-9,13-14H2,1-3H3,(H2,31,38)(H,32,36). The summed E-state index contributed by atoms with van der Waals surface area (Å²) >= 11 is 0. The van der Waals surface area contributed by atoms with Crippen LogP contribution in [0.1, 0.15) is 65.2 Å². The van der Waals surface area contributed by atoms with E-state index in [9.17, 15) is 23.2 Å². The van der Waals surface area contributed by atoms with Crippen LogP contribution in [0, 0.1) is 5.92 Å². The lowest BCUT2D eigenvalue weighted by Crippen LogP contribution is -2.29. The summed E-state index contributed by atoms with van der Waals surface area (Å²) in [7, 11) is 1.62. The van der Waals surface area contributed by atoms with Gasteiger partial charge < -0.3 is 34.6 Å². The van der Waals surface area contributed by atoms with Crippen molar-refractivity contribution in [3.8, 4) is 23.0 Å². The molecule has 3 aromatic rings. The lowest BCUT2D eigenvalue weighted by Gasteiger charge is -2.14. The summed E-state index contributed by atoms with van der Waals surface area (Å²) in [6, 6.07) is 8.74. The molecule has 3 N–H and O–H groups in total. The van der Waals surface area contributed by atoms with Crippen molar-refractivity contribution in [2.24, 2.45) is 11.7 Å². The van der Waals surface area contributed by atoms with E-state index in [-0.39, 0.29) is 52.7 Å². The van der Waals surface area contributed by atoms with Gasteiger partial charge in [-0.3, -0.25) is 9.59 Å². The number of pyridine rings is 1. The average Bonchev–Trinajstić information content (AvgIpc) is 3.70. The Kier molecular flexibility index (Phi) is 9.55. The second kappa shape index (κ2) is 13.3. The molecule has 1 fully saturated rings. The molecule has 224 valence electrons. The summed E-state index contributed by atoms with van der Waals surface area (Å²) in [5.74, 6) is -0.488. The number of alkyl halides is 2. The minimum atomic E-state index is -3.05. The number of ether oxygens (including phenoxy) is 3. The van der Waals surface area contributed by atoms with Gasteiger partial charge in [0.05, 0.1) is 13.2 Å². The molecular weight excluding hydrogens is 556 g/mol. The van der Waals surface area contributed by atoms with Gasteiger partial charge in [0.1, 0.15) is 17.1 Å². The maximum absolute atomic E-state index is 13.0. The number of benzene rings is 1. The molecule has 0 bridgehead atoms. The second-order valence-electron chi connectivity index (χ2n) is 9.61. The molecule has 0 aliphatic heterocycles. The Morgan fingerprint density at radius 3 is 2.55 bits per heavy atom.